The van der Waals surface area contributed by atoms with Crippen LogP contribution < -0.4 is 5.32 Å². The highest BCUT2D eigenvalue weighted by Gasteiger charge is 2.21. The third-order valence-corrected chi connectivity index (χ3v) is 2.55. The number of rotatable bonds is 6. The molecular formula is C13H17F2NO2. The minimum Gasteiger partial charge on any atom is -0.481 e. The average molecular weight is 257 g/mol. The molecule has 1 aromatic rings. The summed E-state index contributed by atoms with van der Waals surface area (Å²) in [5.74, 6) is -2.60. The zero-order valence-electron chi connectivity index (χ0n) is 10.5. The van der Waals surface area contributed by atoms with E-state index in [1.54, 1.807) is 0 Å². The smallest absolute Gasteiger partial charge is 0.303 e. The Bertz CT molecular complexity index is 433. The van der Waals surface area contributed by atoms with E-state index >= 15 is 0 Å². The summed E-state index contributed by atoms with van der Waals surface area (Å²) in [4.78, 5) is 10.6. The molecule has 0 saturated carbocycles. The molecule has 0 bridgehead atoms. The topological polar surface area (TPSA) is 49.3 Å². The van der Waals surface area contributed by atoms with E-state index in [1.165, 1.54) is 6.07 Å². The van der Waals surface area contributed by atoms with E-state index in [0.717, 1.165) is 12.1 Å². The Morgan fingerprint density at radius 3 is 2.56 bits per heavy atom. The molecule has 3 nitrogen and oxygen atoms in total. The molecule has 100 valence electrons. The van der Waals surface area contributed by atoms with Gasteiger partial charge in [-0.3, -0.25) is 4.79 Å². The van der Waals surface area contributed by atoms with E-state index in [0.29, 0.717) is 18.7 Å². The van der Waals surface area contributed by atoms with Gasteiger partial charge in [-0.15, -0.1) is 0 Å². The van der Waals surface area contributed by atoms with Gasteiger partial charge in [-0.25, -0.2) is 8.78 Å². The van der Waals surface area contributed by atoms with Gasteiger partial charge >= 0.3 is 5.97 Å². The summed E-state index contributed by atoms with van der Waals surface area (Å²) in [5, 5.41) is 11.8. The Morgan fingerprint density at radius 2 is 2.00 bits per heavy atom. The van der Waals surface area contributed by atoms with Crippen LogP contribution in [0.4, 0.5) is 8.78 Å². The predicted octanol–water partition coefficient (Wildman–Crippen LogP) is 2.56. The van der Waals surface area contributed by atoms with Gasteiger partial charge in [0.05, 0.1) is 6.42 Å². The van der Waals surface area contributed by atoms with Crippen LogP contribution in [0.25, 0.3) is 0 Å². The van der Waals surface area contributed by atoms with Crippen molar-refractivity contribution >= 4 is 5.97 Å². The number of hydrogen-bond donors (Lipinski definition) is 2. The molecule has 0 aliphatic rings. The molecule has 5 heteroatoms. The SMILES string of the molecule is CC(C)(CNCc1ccc(F)c(F)c1)CC(=O)O. The van der Waals surface area contributed by atoms with Crippen LogP contribution in [0.5, 0.6) is 0 Å². The Morgan fingerprint density at radius 1 is 1.33 bits per heavy atom. The number of aliphatic carboxylic acids is 1. The fourth-order valence-corrected chi connectivity index (χ4v) is 1.67. The standard InChI is InChI=1S/C13H17F2NO2/c1-13(2,6-12(17)18)8-16-7-9-3-4-10(14)11(15)5-9/h3-5,16H,6-8H2,1-2H3,(H,17,18). The van der Waals surface area contributed by atoms with Gasteiger partial charge in [0, 0.05) is 13.1 Å². The van der Waals surface area contributed by atoms with Crippen LogP contribution in [0.3, 0.4) is 0 Å². The quantitative estimate of drug-likeness (QED) is 0.823. The molecule has 1 aromatic carbocycles. The number of nitrogens with one attached hydrogen (secondary N) is 1. The molecule has 0 heterocycles. The average Bonchev–Trinajstić information content (AvgIpc) is 2.21. The molecule has 0 radical (unpaired) electrons. The number of carbonyl (C=O) groups is 1. The molecule has 18 heavy (non-hydrogen) atoms. The van der Waals surface area contributed by atoms with Gasteiger partial charge in [-0.1, -0.05) is 19.9 Å². The minimum absolute atomic E-state index is 0.0534. The molecule has 0 aliphatic carbocycles. The zero-order chi connectivity index (χ0) is 13.8. The number of carboxylic acids is 1. The molecule has 0 spiro atoms. The number of halogens is 2. The number of carboxylic acid groups (broad SMARTS) is 1. The van der Waals surface area contributed by atoms with Crippen LogP contribution >= 0.6 is 0 Å². The van der Waals surface area contributed by atoms with Crippen molar-refractivity contribution in [2.75, 3.05) is 6.54 Å². The summed E-state index contributed by atoms with van der Waals surface area (Å²) in [7, 11) is 0. The molecule has 0 unspecified atom stereocenters. The van der Waals surface area contributed by atoms with Crippen molar-refractivity contribution in [3.63, 3.8) is 0 Å². The monoisotopic (exact) mass is 257 g/mol. The van der Waals surface area contributed by atoms with Crippen LogP contribution in [0, 0.1) is 17.0 Å². The Kier molecular flexibility index (Phi) is 4.78. The second kappa shape index (κ2) is 5.91. The zero-order valence-corrected chi connectivity index (χ0v) is 10.5. The van der Waals surface area contributed by atoms with E-state index < -0.39 is 17.6 Å². The molecule has 0 saturated heterocycles. The Balaban J connectivity index is 2.46. The summed E-state index contributed by atoms with van der Waals surface area (Å²) in [6.45, 7) is 4.53. The van der Waals surface area contributed by atoms with Gasteiger partial charge in [-0.05, 0) is 23.1 Å². The first-order valence-corrected chi connectivity index (χ1v) is 5.67. The van der Waals surface area contributed by atoms with Crippen LogP contribution in [0.15, 0.2) is 18.2 Å². The van der Waals surface area contributed by atoms with Crippen molar-refractivity contribution < 1.29 is 18.7 Å². The van der Waals surface area contributed by atoms with E-state index in [1.807, 2.05) is 13.8 Å². The lowest BCUT2D eigenvalue weighted by atomic mass is 9.89. The lowest BCUT2D eigenvalue weighted by molar-refractivity contribution is -0.139. The first-order valence-electron chi connectivity index (χ1n) is 5.67. The molecule has 1 rings (SSSR count). The summed E-state index contributed by atoms with van der Waals surface area (Å²) >= 11 is 0. The summed E-state index contributed by atoms with van der Waals surface area (Å²) < 4.78 is 25.6. The second-order valence-corrected chi connectivity index (χ2v) is 5.09. The van der Waals surface area contributed by atoms with Crippen LogP contribution in [0.1, 0.15) is 25.8 Å². The summed E-state index contributed by atoms with van der Waals surface area (Å²) in [5.41, 5.74) is 0.241. The van der Waals surface area contributed by atoms with Gasteiger partial charge in [0.25, 0.3) is 0 Å². The van der Waals surface area contributed by atoms with Crippen molar-refractivity contribution in [1.29, 1.82) is 0 Å². The maximum atomic E-state index is 12.9. The molecule has 0 fully saturated rings. The first-order chi connectivity index (χ1) is 8.30. The maximum absolute atomic E-state index is 12.9. The molecule has 0 atom stereocenters. The van der Waals surface area contributed by atoms with Gasteiger partial charge in [0.15, 0.2) is 11.6 Å². The number of benzene rings is 1. The van der Waals surface area contributed by atoms with E-state index in [2.05, 4.69) is 5.32 Å². The fraction of sp³-hybridized carbons (Fsp3) is 0.462. The van der Waals surface area contributed by atoms with Gasteiger partial charge in [0.1, 0.15) is 0 Å². The Hall–Kier alpha value is -1.49. The molecular weight excluding hydrogens is 240 g/mol. The third-order valence-electron chi connectivity index (χ3n) is 2.55. The highest BCUT2D eigenvalue weighted by atomic mass is 19.2. The van der Waals surface area contributed by atoms with Crippen molar-refractivity contribution in [1.82, 2.24) is 5.32 Å². The lowest BCUT2D eigenvalue weighted by Gasteiger charge is -2.22. The third kappa shape index (κ3) is 4.79. The van der Waals surface area contributed by atoms with Gasteiger partial charge in [-0.2, -0.15) is 0 Å². The second-order valence-electron chi connectivity index (χ2n) is 5.09. The lowest BCUT2D eigenvalue weighted by Crippen LogP contribution is -2.31. The van der Waals surface area contributed by atoms with Crippen LogP contribution in [-0.4, -0.2) is 17.6 Å². The van der Waals surface area contributed by atoms with Gasteiger partial charge in [0.2, 0.25) is 0 Å². The molecule has 0 aliphatic heterocycles. The van der Waals surface area contributed by atoms with E-state index in [4.69, 9.17) is 5.11 Å². The van der Waals surface area contributed by atoms with Crippen molar-refractivity contribution in [3.05, 3.63) is 35.4 Å². The fourth-order valence-electron chi connectivity index (χ4n) is 1.67. The van der Waals surface area contributed by atoms with Crippen LogP contribution in [-0.2, 0) is 11.3 Å². The Labute approximate surface area is 105 Å². The molecule has 0 aromatic heterocycles. The van der Waals surface area contributed by atoms with E-state index in [-0.39, 0.29) is 11.8 Å². The summed E-state index contributed by atoms with van der Waals surface area (Å²) in [6, 6.07) is 3.71. The predicted molar refractivity (Wildman–Crippen MR) is 64.1 cm³/mol. The highest BCUT2D eigenvalue weighted by Crippen LogP contribution is 2.19. The van der Waals surface area contributed by atoms with Gasteiger partial charge < -0.3 is 10.4 Å². The summed E-state index contributed by atoms with van der Waals surface area (Å²) in [6.07, 6.45) is 0.0534. The van der Waals surface area contributed by atoms with Crippen molar-refractivity contribution in [2.45, 2.75) is 26.8 Å². The largest absolute Gasteiger partial charge is 0.481 e. The number of hydrogen-bond acceptors (Lipinski definition) is 2. The van der Waals surface area contributed by atoms with Crippen molar-refractivity contribution in [3.8, 4) is 0 Å². The highest BCUT2D eigenvalue weighted by molar-refractivity contribution is 5.67. The van der Waals surface area contributed by atoms with E-state index in [9.17, 15) is 13.6 Å². The molecule has 0 amide bonds. The van der Waals surface area contributed by atoms with Crippen LogP contribution in [0.2, 0.25) is 0 Å². The normalized spacial score (nSPS) is 11.6. The maximum Gasteiger partial charge on any atom is 0.303 e. The molecule has 2 N–H and O–H groups in total. The van der Waals surface area contributed by atoms with Crippen molar-refractivity contribution in [2.24, 2.45) is 5.41 Å². The first kappa shape index (κ1) is 14.6. The minimum atomic E-state index is -0.876.